The minimum atomic E-state index is -0.225. The van der Waals surface area contributed by atoms with Gasteiger partial charge in [0.1, 0.15) is 11.5 Å². The predicted molar refractivity (Wildman–Crippen MR) is 114 cm³/mol. The summed E-state index contributed by atoms with van der Waals surface area (Å²) in [6, 6.07) is 27.0. The van der Waals surface area contributed by atoms with E-state index in [9.17, 15) is 0 Å². The van der Waals surface area contributed by atoms with Crippen molar-refractivity contribution in [1.82, 2.24) is 5.01 Å². The largest absolute Gasteiger partial charge is 0.491 e. The van der Waals surface area contributed by atoms with Gasteiger partial charge in [0, 0.05) is 17.5 Å². The van der Waals surface area contributed by atoms with Gasteiger partial charge < -0.3 is 9.47 Å². The maximum absolute atomic E-state index is 6.38. The number of hydrazone groups is 1. The van der Waals surface area contributed by atoms with E-state index in [0.29, 0.717) is 0 Å². The number of rotatable bonds is 4. The molecule has 0 aromatic heterocycles. The summed E-state index contributed by atoms with van der Waals surface area (Å²) in [5.74, 6) is 1.83. The molecule has 0 bridgehead atoms. The van der Waals surface area contributed by atoms with Crippen LogP contribution in [0.15, 0.2) is 84.0 Å². The standard InChI is InChI=1S/C25H24N2O2/c1-17(2)28-20-14-12-18(13-15-20)22-16-23-21-10-6-7-11-24(21)29-25(27(23)26-22)19-8-4-3-5-9-19/h3-15,17,23,25H,16H2,1-2H3. The molecular formula is C25H24N2O2. The molecule has 2 aliphatic heterocycles. The lowest BCUT2D eigenvalue weighted by Gasteiger charge is -2.38. The van der Waals surface area contributed by atoms with Crippen molar-refractivity contribution >= 4 is 5.71 Å². The van der Waals surface area contributed by atoms with Crippen molar-refractivity contribution in [1.29, 1.82) is 0 Å². The molecule has 5 rings (SSSR count). The summed E-state index contributed by atoms with van der Waals surface area (Å²) in [6.07, 6.45) is 0.796. The Kier molecular flexibility index (Phi) is 4.47. The zero-order chi connectivity index (χ0) is 19.8. The van der Waals surface area contributed by atoms with E-state index in [0.717, 1.165) is 34.8 Å². The summed E-state index contributed by atoms with van der Waals surface area (Å²) >= 11 is 0. The van der Waals surface area contributed by atoms with Gasteiger partial charge >= 0.3 is 0 Å². The van der Waals surface area contributed by atoms with Crippen LogP contribution in [0, 0.1) is 0 Å². The molecule has 3 aromatic rings. The monoisotopic (exact) mass is 384 g/mol. The minimum Gasteiger partial charge on any atom is -0.491 e. The maximum atomic E-state index is 6.38. The van der Waals surface area contributed by atoms with Gasteiger partial charge in [-0.25, -0.2) is 5.01 Å². The first-order valence-electron chi connectivity index (χ1n) is 10.1. The zero-order valence-corrected chi connectivity index (χ0v) is 16.7. The molecule has 0 amide bonds. The Bertz CT molecular complexity index is 1030. The van der Waals surface area contributed by atoms with E-state index in [4.69, 9.17) is 14.6 Å². The van der Waals surface area contributed by atoms with Gasteiger partial charge in [-0.05, 0) is 49.7 Å². The van der Waals surface area contributed by atoms with E-state index in [-0.39, 0.29) is 18.4 Å². The first kappa shape index (κ1) is 17.8. The van der Waals surface area contributed by atoms with Crippen LogP contribution in [0.4, 0.5) is 0 Å². The molecule has 3 aromatic carbocycles. The van der Waals surface area contributed by atoms with Gasteiger partial charge in [0.05, 0.1) is 17.9 Å². The number of hydrogen-bond donors (Lipinski definition) is 0. The number of fused-ring (bicyclic) bond motifs is 3. The van der Waals surface area contributed by atoms with Gasteiger partial charge in [-0.1, -0.05) is 48.5 Å². The lowest BCUT2D eigenvalue weighted by Crippen LogP contribution is -2.33. The molecule has 0 N–H and O–H groups in total. The Morgan fingerprint density at radius 2 is 1.66 bits per heavy atom. The fourth-order valence-electron chi connectivity index (χ4n) is 4.04. The first-order valence-corrected chi connectivity index (χ1v) is 10.1. The van der Waals surface area contributed by atoms with Crippen LogP contribution in [0.1, 0.15) is 49.2 Å². The molecular weight excluding hydrogens is 360 g/mol. The normalized spacial score (nSPS) is 20.0. The van der Waals surface area contributed by atoms with Crippen LogP contribution in [0.3, 0.4) is 0 Å². The number of benzene rings is 3. The maximum Gasteiger partial charge on any atom is 0.213 e. The van der Waals surface area contributed by atoms with Crippen LogP contribution in [-0.2, 0) is 0 Å². The lowest BCUT2D eigenvalue weighted by atomic mass is 9.96. The number of para-hydroxylation sites is 1. The fourth-order valence-corrected chi connectivity index (χ4v) is 4.04. The van der Waals surface area contributed by atoms with Crippen LogP contribution in [0.2, 0.25) is 0 Å². The van der Waals surface area contributed by atoms with Crippen LogP contribution < -0.4 is 9.47 Å². The van der Waals surface area contributed by atoms with Crippen molar-refractivity contribution < 1.29 is 9.47 Å². The molecule has 0 spiro atoms. The lowest BCUT2D eigenvalue weighted by molar-refractivity contribution is -0.0190. The molecule has 2 atom stereocenters. The van der Waals surface area contributed by atoms with Crippen molar-refractivity contribution in [2.45, 2.75) is 38.6 Å². The highest BCUT2D eigenvalue weighted by Gasteiger charge is 2.40. The van der Waals surface area contributed by atoms with Crippen LogP contribution in [0.5, 0.6) is 11.5 Å². The van der Waals surface area contributed by atoms with Crippen LogP contribution in [0.25, 0.3) is 0 Å². The van der Waals surface area contributed by atoms with Gasteiger partial charge in [0.2, 0.25) is 6.23 Å². The highest BCUT2D eigenvalue weighted by molar-refractivity contribution is 6.02. The smallest absolute Gasteiger partial charge is 0.213 e. The molecule has 0 fully saturated rings. The van der Waals surface area contributed by atoms with Crippen LogP contribution >= 0.6 is 0 Å². The van der Waals surface area contributed by atoms with E-state index < -0.39 is 0 Å². The van der Waals surface area contributed by atoms with Crippen molar-refractivity contribution in [2.24, 2.45) is 5.10 Å². The summed E-state index contributed by atoms with van der Waals surface area (Å²) in [7, 11) is 0. The quantitative estimate of drug-likeness (QED) is 0.577. The van der Waals surface area contributed by atoms with E-state index in [1.807, 2.05) is 50.2 Å². The molecule has 0 saturated carbocycles. The molecule has 2 unspecified atom stereocenters. The average molecular weight is 384 g/mol. The number of ether oxygens (including phenoxy) is 2. The second-order valence-corrected chi connectivity index (χ2v) is 7.76. The summed E-state index contributed by atoms with van der Waals surface area (Å²) < 4.78 is 12.2. The third-order valence-electron chi connectivity index (χ3n) is 5.34. The zero-order valence-electron chi connectivity index (χ0n) is 16.7. The molecule has 29 heavy (non-hydrogen) atoms. The Morgan fingerprint density at radius 1 is 0.931 bits per heavy atom. The highest BCUT2D eigenvalue weighted by Crippen LogP contribution is 2.47. The molecule has 2 heterocycles. The fraction of sp³-hybridized carbons (Fsp3) is 0.240. The third kappa shape index (κ3) is 3.35. The Labute approximate surface area is 171 Å². The van der Waals surface area contributed by atoms with Crippen LogP contribution in [-0.4, -0.2) is 16.8 Å². The first-order chi connectivity index (χ1) is 14.2. The molecule has 0 saturated heterocycles. The van der Waals surface area contributed by atoms with Crippen molar-refractivity contribution in [2.75, 3.05) is 0 Å². The molecule has 146 valence electrons. The van der Waals surface area contributed by atoms with Crippen molar-refractivity contribution in [3.05, 3.63) is 95.6 Å². The molecule has 4 heteroatoms. The minimum absolute atomic E-state index is 0.166. The predicted octanol–water partition coefficient (Wildman–Crippen LogP) is 5.72. The molecule has 0 aliphatic carbocycles. The summed E-state index contributed by atoms with van der Waals surface area (Å²) in [5.41, 5.74) is 4.50. The SMILES string of the molecule is CC(C)Oc1ccc(C2=NN3C(C2)c2ccccc2OC3c2ccccc2)cc1. The number of hydrogen-bond acceptors (Lipinski definition) is 4. The van der Waals surface area contributed by atoms with Gasteiger partial charge in [0.25, 0.3) is 0 Å². The summed E-state index contributed by atoms with van der Waals surface area (Å²) in [4.78, 5) is 0. The number of nitrogens with zero attached hydrogens (tertiary/aromatic N) is 2. The second kappa shape index (κ2) is 7.28. The van der Waals surface area contributed by atoms with Gasteiger partial charge in [-0.2, -0.15) is 5.10 Å². The summed E-state index contributed by atoms with van der Waals surface area (Å²) in [5, 5.41) is 7.13. The van der Waals surface area contributed by atoms with E-state index in [2.05, 4.69) is 47.5 Å². The van der Waals surface area contributed by atoms with E-state index in [1.165, 1.54) is 5.56 Å². The van der Waals surface area contributed by atoms with Crippen molar-refractivity contribution in [3.8, 4) is 11.5 Å². The van der Waals surface area contributed by atoms with Gasteiger partial charge in [0.15, 0.2) is 0 Å². The van der Waals surface area contributed by atoms with E-state index in [1.54, 1.807) is 0 Å². The Morgan fingerprint density at radius 3 is 2.41 bits per heavy atom. The molecule has 2 aliphatic rings. The summed E-state index contributed by atoms with van der Waals surface area (Å²) in [6.45, 7) is 4.07. The van der Waals surface area contributed by atoms with Gasteiger partial charge in [-0.15, -0.1) is 0 Å². The topological polar surface area (TPSA) is 34.1 Å². The van der Waals surface area contributed by atoms with Crippen molar-refractivity contribution in [3.63, 3.8) is 0 Å². The molecule has 0 radical (unpaired) electrons. The Balaban J connectivity index is 1.50. The highest BCUT2D eigenvalue weighted by atomic mass is 16.5. The van der Waals surface area contributed by atoms with E-state index >= 15 is 0 Å². The second-order valence-electron chi connectivity index (χ2n) is 7.76. The molecule has 4 nitrogen and oxygen atoms in total. The van der Waals surface area contributed by atoms with Gasteiger partial charge in [-0.3, -0.25) is 0 Å². The Hall–Kier alpha value is -3.27. The average Bonchev–Trinajstić information content (AvgIpc) is 3.19. The third-order valence-corrected chi connectivity index (χ3v) is 5.34.